The average molecular weight is 553 g/mol. The molecule has 0 atom stereocenters. The predicted molar refractivity (Wildman–Crippen MR) is 120 cm³/mol. The van der Waals surface area contributed by atoms with Crippen LogP contribution in [-0.2, 0) is 38.0 Å². The molecule has 0 spiro atoms. The van der Waals surface area contributed by atoms with Crippen LogP contribution in [0, 0.1) is 0 Å². The second-order valence-electron chi connectivity index (χ2n) is 6.85. The Labute approximate surface area is 198 Å². The van der Waals surface area contributed by atoms with E-state index in [1.54, 1.807) is 0 Å². The summed E-state index contributed by atoms with van der Waals surface area (Å²) in [6.45, 7) is 9.30. The van der Waals surface area contributed by atoms with E-state index in [9.17, 15) is 9.59 Å². The summed E-state index contributed by atoms with van der Waals surface area (Å²) < 4.78 is 33.4. The SMILES string of the molecule is CCCCOCCOCCOC(=O)C[CH2][Sn][CH2]CC(=O)OCCOCCOCCCC. The summed E-state index contributed by atoms with van der Waals surface area (Å²) in [5.74, 6) is -0.385. The van der Waals surface area contributed by atoms with Crippen molar-refractivity contribution in [3.8, 4) is 0 Å². The first kappa shape index (κ1) is 30.6. The molecular weight excluding hydrogens is 511 g/mol. The molecule has 0 N–H and O–H groups in total. The Morgan fingerprint density at radius 2 is 0.903 bits per heavy atom. The topological polar surface area (TPSA) is 89.5 Å². The molecule has 2 radical (unpaired) electrons. The summed E-state index contributed by atoms with van der Waals surface area (Å²) in [6, 6.07) is 0. The minimum absolute atomic E-state index is 0.193. The Morgan fingerprint density at radius 1 is 0.548 bits per heavy atom. The van der Waals surface area contributed by atoms with Gasteiger partial charge in [0, 0.05) is 0 Å². The van der Waals surface area contributed by atoms with Gasteiger partial charge in [-0.05, 0) is 0 Å². The van der Waals surface area contributed by atoms with Crippen molar-refractivity contribution in [2.24, 2.45) is 0 Å². The van der Waals surface area contributed by atoms with Crippen LogP contribution in [0.15, 0.2) is 0 Å². The van der Waals surface area contributed by atoms with E-state index in [1.807, 2.05) is 0 Å². The van der Waals surface area contributed by atoms with Crippen molar-refractivity contribution >= 4 is 33.1 Å². The first-order chi connectivity index (χ1) is 15.2. The molecule has 0 aliphatic rings. The monoisotopic (exact) mass is 554 g/mol. The first-order valence-corrected chi connectivity index (χ1v) is 15.6. The Bertz CT molecular complexity index is 373. The molecule has 31 heavy (non-hydrogen) atoms. The van der Waals surface area contributed by atoms with E-state index in [4.69, 9.17) is 28.4 Å². The Kier molecular flexibility index (Phi) is 25.5. The van der Waals surface area contributed by atoms with Gasteiger partial charge in [-0.1, -0.05) is 26.7 Å². The number of carbonyl (C=O) groups excluding carboxylic acids is 2. The molecule has 182 valence electrons. The molecule has 0 amide bonds. The molecule has 0 heterocycles. The van der Waals surface area contributed by atoms with Crippen LogP contribution in [0.1, 0.15) is 52.4 Å². The van der Waals surface area contributed by atoms with E-state index in [-0.39, 0.29) is 25.2 Å². The van der Waals surface area contributed by atoms with Crippen LogP contribution < -0.4 is 0 Å². The molecule has 0 saturated carbocycles. The number of ether oxygens (including phenoxy) is 6. The molecule has 0 aliphatic heterocycles. The summed E-state index contributed by atoms with van der Waals surface area (Å²) in [7, 11) is 0. The van der Waals surface area contributed by atoms with Gasteiger partial charge in [-0.3, -0.25) is 0 Å². The Hall–Kier alpha value is -0.421. The second-order valence-corrected chi connectivity index (χ2v) is 11.1. The summed E-state index contributed by atoms with van der Waals surface area (Å²) in [5.41, 5.74) is 0. The average Bonchev–Trinajstić information content (AvgIpc) is 2.76. The summed E-state index contributed by atoms with van der Waals surface area (Å²) in [4.78, 5) is 23.3. The number of hydrogen-bond donors (Lipinski definition) is 0. The molecule has 0 unspecified atom stereocenters. The fourth-order valence-electron chi connectivity index (χ4n) is 2.22. The van der Waals surface area contributed by atoms with Gasteiger partial charge in [-0.2, -0.15) is 0 Å². The van der Waals surface area contributed by atoms with Gasteiger partial charge >= 0.3 is 172 Å². The normalized spacial score (nSPS) is 10.9. The van der Waals surface area contributed by atoms with Crippen molar-refractivity contribution in [3.05, 3.63) is 0 Å². The van der Waals surface area contributed by atoms with Gasteiger partial charge in [-0.15, -0.1) is 0 Å². The van der Waals surface area contributed by atoms with Crippen molar-refractivity contribution in [3.63, 3.8) is 0 Å². The third-order valence-corrected chi connectivity index (χ3v) is 7.47. The maximum atomic E-state index is 11.7. The fourth-order valence-corrected chi connectivity index (χ4v) is 5.10. The van der Waals surface area contributed by atoms with Crippen molar-refractivity contribution in [1.82, 2.24) is 0 Å². The van der Waals surface area contributed by atoms with Gasteiger partial charge in [0.1, 0.15) is 0 Å². The number of carbonyl (C=O) groups is 2. The summed E-state index contributed by atoms with van der Waals surface area (Å²) in [5, 5.41) is 0. The van der Waals surface area contributed by atoms with E-state index in [1.165, 1.54) is 0 Å². The van der Waals surface area contributed by atoms with Crippen LogP contribution in [0.2, 0.25) is 8.87 Å². The minimum atomic E-state index is -0.745. The van der Waals surface area contributed by atoms with E-state index in [2.05, 4.69) is 13.8 Å². The zero-order chi connectivity index (χ0) is 22.8. The number of unbranched alkanes of at least 4 members (excludes halogenated alkanes) is 2. The molecule has 0 fully saturated rings. The van der Waals surface area contributed by atoms with Gasteiger partial charge in [0.25, 0.3) is 0 Å². The Morgan fingerprint density at radius 3 is 1.29 bits per heavy atom. The maximum absolute atomic E-state index is 11.7. The predicted octanol–water partition coefficient (Wildman–Crippen LogP) is 3.06. The quantitative estimate of drug-likeness (QED) is 0.102. The van der Waals surface area contributed by atoms with Gasteiger partial charge in [0.15, 0.2) is 0 Å². The molecule has 8 nitrogen and oxygen atoms in total. The molecule has 0 rings (SSSR count). The van der Waals surface area contributed by atoms with Crippen molar-refractivity contribution in [1.29, 1.82) is 0 Å². The standard InChI is InChI=1S/2C11H21O4.Sn/c2*1-3-5-6-13-7-8-14-9-10-15-11(12)4-2;/h2*2-10H2,1H3;. The molecule has 0 aromatic rings. The van der Waals surface area contributed by atoms with E-state index in [0.29, 0.717) is 52.5 Å². The summed E-state index contributed by atoms with van der Waals surface area (Å²) in [6.07, 6.45) is 5.22. The third-order valence-electron chi connectivity index (χ3n) is 4.02. The number of hydrogen-bond acceptors (Lipinski definition) is 8. The molecule has 9 heteroatoms. The Balaban J connectivity index is 3.28. The molecular formula is C22H42O8Sn. The van der Waals surface area contributed by atoms with Crippen molar-refractivity contribution < 1.29 is 38.0 Å². The van der Waals surface area contributed by atoms with Crippen LogP contribution in [0.5, 0.6) is 0 Å². The zero-order valence-corrected chi connectivity index (χ0v) is 22.3. The van der Waals surface area contributed by atoms with Gasteiger partial charge in [0.2, 0.25) is 0 Å². The van der Waals surface area contributed by atoms with Crippen LogP contribution in [0.3, 0.4) is 0 Å². The first-order valence-electron chi connectivity index (χ1n) is 11.5. The van der Waals surface area contributed by atoms with Crippen LogP contribution >= 0.6 is 0 Å². The van der Waals surface area contributed by atoms with Gasteiger partial charge in [0.05, 0.1) is 0 Å². The molecule has 0 aromatic carbocycles. The fraction of sp³-hybridized carbons (Fsp3) is 0.909. The van der Waals surface area contributed by atoms with Gasteiger partial charge < -0.3 is 0 Å². The van der Waals surface area contributed by atoms with Crippen molar-refractivity contribution in [2.45, 2.75) is 61.2 Å². The zero-order valence-electron chi connectivity index (χ0n) is 19.5. The van der Waals surface area contributed by atoms with E-state index in [0.717, 1.165) is 47.8 Å². The smallest absolute Gasteiger partial charge is 0.0653 e. The number of esters is 2. The number of rotatable bonds is 24. The van der Waals surface area contributed by atoms with Crippen LogP contribution in [0.25, 0.3) is 0 Å². The third kappa shape index (κ3) is 25.7. The second kappa shape index (κ2) is 25.8. The molecule has 0 bridgehead atoms. The summed E-state index contributed by atoms with van der Waals surface area (Å²) >= 11 is -0.745. The molecule has 0 saturated heterocycles. The van der Waals surface area contributed by atoms with Crippen LogP contribution in [0.4, 0.5) is 0 Å². The van der Waals surface area contributed by atoms with E-state index >= 15 is 0 Å². The molecule has 0 aliphatic carbocycles. The van der Waals surface area contributed by atoms with Gasteiger partial charge in [-0.25, -0.2) is 0 Å². The van der Waals surface area contributed by atoms with Crippen molar-refractivity contribution in [2.75, 3.05) is 66.1 Å². The van der Waals surface area contributed by atoms with Crippen LogP contribution in [-0.4, -0.2) is 99.1 Å². The van der Waals surface area contributed by atoms with E-state index < -0.39 is 21.1 Å². The molecule has 0 aromatic heterocycles. The minimum Gasteiger partial charge on any atom is -0.0653 e.